The number of fused-ring (bicyclic) bond motifs is 1. The molecule has 174 valence electrons. The highest BCUT2D eigenvalue weighted by Crippen LogP contribution is 2.36. The molecule has 4 rings (SSSR count). The maximum absolute atomic E-state index is 12.5. The summed E-state index contributed by atoms with van der Waals surface area (Å²) in [5, 5.41) is 20.8. The number of halogens is 4. The van der Waals surface area contributed by atoms with Crippen LogP contribution in [0.1, 0.15) is 12.8 Å². The fraction of sp³-hybridized carbons (Fsp3) is 0.273. The average Bonchev–Trinajstić information content (AvgIpc) is 2.74. The standard InChI is InChI=1S/C22H18ClF3N2O5/c23-16-3-1-2-12-4-9-18(27-20(12)16)28(19-11-14(29)10-17(32-19)21(30)31)13-5-7-15(8-6-13)33-22(24,25)26/h1-9,14,17,19,29H,10-11H2,(H,30,31). The van der Waals surface area contributed by atoms with E-state index in [0.29, 0.717) is 22.0 Å². The van der Waals surface area contributed by atoms with Crippen molar-refractivity contribution >= 4 is 40.0 Å². The molecule has 3 aromatic rings. The topological polar surface area (TPSA) is 92.1 Å². The molecule has 0 aliphatic carbocycles. The molecule has 2 heterocycles. The predicted octanol–water partition coefficient (Wildman–Crippen LogP) is 4.88. The first-order valence-electron chi connectivity index (χ1n) is 9.87. The smallest absolute Gasteiger partial charge is 0.479 e. The van der Waals surface area contributed by atoms with Crippen molar-refractivity contribution in [2.45, 2.75) is 37.6 Å². The third-order valence-electron chi connectivity index (χ3n) is 5.10. The number of pyridine rings is 1. The van der Waals surface area contributed by atoms with Gasteiger partial charge in [0, 0.05) is 23.9 Å². The van der Waals surface area contributed by atoms with Gasteiger partial charge in [-0.2, -0.15) is 0 Å². The van der Waals surface area contributed by atoms with E-state index in [1.807, 2.05) is 6.07 Å². The van der Waals surface area contributed by atoms with Crippen LogP contribution in [0.15, 0.2) is 54.6 Å². The van der Waals surface area contributed by atoms with Crippen LogP contribution in [0.25, 0.3) is 10.9 Å². The van der Waals surface area contributed by atoms with Crippen LogP contribution in [0.5, 0.6) is 5.75 Å². The van der Waals surface area contributed by atoms with Crippen LogP contribution in [-0.2, 0) is 9.53 Å². The van der Waals surface area contributed by atoms with Crippen LogP contribution in [0, 0.1) is 0 Å². The zero-order valence-electron chi connectivity index (χ0n) is 16.9. The van der Waals surface area contributed by atoms with Crippen molar-refractivity contribution in [1.82, 2.24) is 4.98 Å². The van der Waals surface area contributed by atoms with Crippen molar-refractivity contribution in [3.63, 3.8) is 0 Å². The number of hydrogen-bond acceptors (Lipinski definition) is 6. The van der Waals surface area contributed by atoms with E-state index < -0.39 is 36.5 Å². The summed E-state index contributed by atoms with van der Waals surface area (Å²) in [6.07, 6.45) is -8.08. The molecule has 2 aromatic carbocycles. The lowest BCUT2D eigenvalue weighted by Crippen LogP contribution is -2.47. The minimum absolute atomic E-state index is 0.0484. The number of carboxylic acids is 1. The molecule has 1 fully saturated rings. The lowest BCUT2D eigenvalue weighted by molar-refractivity contribution is -0.274. The number of hydrogen-bond donors (Lipinski definition) is 2. The van der Waals surface area contributed by atoms with Crippen LogP contribution in [0.4, 0.5) is 24.7 Å². The minimum Gasteiger partial charge on any atom is -0.479 e. The zero-order valence-corrected chi connectivity index (χ0v) is 17.6. The van der Waals surface area contributed by atoms with Gasteiger partial charge in [0.25, 0.3) is 0 Å². The summed E-state index contributed by atoms with van der Waals surface area (Å²) in [6, 6.07) is 13.6. The van der Waals surface area contributed by atoms with Gasteiger partial charge in [-0.1, -0.05) is 23.7 Å². The van der Waals surface area contributed by atoms with Crippen LogP contribution in [0.2, 0.25) is 5.02 Å². The van der Waals surface area contributed by atoms with E-state index in [1.54, 1.807) is 24.3 Å². The number of aliphatic carboxylic acids is 1. The Bertz CT molecular complexity index is 1160. The number of carboxylic acid groups (broad SMARTS) is 1. The summed E-state index contributed by atoms with van der Waals surface area (Å²) in [6.45, 7) is 0. The van der Waals surface area contributed by atoms with Crippen LogP contribution < -0.4 is 9.64 Å². The van der Waals surface area contributed by atoms with E-state index >= 15 is 0 Å². The molecule has 1 aromatic heterocycles. The molecule has 33 heavy (non-hydrogen) atoms. The Morgan fingerprint density at radius 2 is 1.85 bits per heavy atom. The first kappa shape index (κ1) is 23.1. The molecule has 1 aliphatic heterocycles. The maximum atomic E-state index is 12.5. The molecule has 1 aliphatic rings. The monoisotopic (exact) mass is 482 g/mol. The molecule has 11 heteroatoms. The van der Waals surface area contributed by atoms with Gasteiger partial charge in [0.15, 0.2) is 6.10 Å². The minimum atomic E-state index is -4.84. The number of carbonyl (C=O) groups is 1. The van der Waals surface area contributed by atoms with Gasteiger partial charge < -0.3 is 19.7 Å². The molecule has 3 unspecified atom stereocenters. The highest BCUT2D eigenvalue weighted by molar-refractivity contribution is 6.35. The van der Waals surface area contributed by atoms with E-state index in [1.165, 1.54) is 17.0 Å². The van der Waals surface area contributed by atoms with Crippen molar-refractivity contribution < 1.29 is 37.7 Å². The second kappa shape index (κ2) is 9.05. The van der Waals surface area contributed by atoms with E-state index in [4.69, 9.17) is 16.3 Å². The van der Waals surface area contributed by atoms with Crippen LogP contribution in [-0.4, -0.2) is 46.0 Å². The van der Waals surface area contributed by atoms with Gasteiger partial charge in [0.1, 0.15) is 17.8 Å². The summed E-state index contributed by atoms with van der Waals surface area (Å²) >= 11 is 6.28. The molecule has 0 saturated carbocycles. The second-order valence-electron chi connectivity index (χ2n) is 7.44. The fourth-order valence-electron chi connectivity index (χ4n) is 3.69. The molecule has 7 nitrogen and oxygen atoms in total. The third-order valence-corrected chi connectivity index (χ3v) is 5.40. The maximum Gasteiger partial charge on any atom is 0.573 e. The Labute approximate surface area is 190 Å². The Kier molecular flexibility index (Phi) is 6.33. The molecule has 0 radical (unpaired) electrons. The first-order valence-corrected chi connectivity index (χ1v) is 10.2. The average molecular weight is 483 g/mol. The Hall–Kier alpha value is -3.08. The molecule has 0 amide bonds. The number of rotatable bonds is 5. The quantitative estimate of drug-likeness (QED) is 0.535. The Morgan fingerprint density at radius 1 is 1.12 bits per heavy atom. The number of alkyl halides is 3. The highest BCUT2D eigenvalue weighted by atomic mass is 35.5. The number of nitrogens with zero attached hydrogens (tertiary/aromatic N) is 2. The Morgan fingerprint density at radius 3 is 2.52 bits per heavy atom. The number of aliphatic hydroxyl groups is 1. The van der Waals surface area contributed by atoms with Gasteiger partial charge in [-0.05, 0) is 42.5 Å². The lowest BCUT2D eigenvalue weighted by Gasteiger charge is -2.39. The zero-order chi connectivity index (χ0) is 23.8. The van der Waals surface area contributed by atoms with Crippen LogP contribution in [0.3, 0.4) is 0 Å². The SMILES string of the molecule is O=C(O)C1CC(O)CC(N(c2ccc(OC(F)(F)F)cc2)c2ccc3cccc(Cl)c3n2)O1. The van der Waals surface area contributed by atoms with Crippen molar-refractivity contribution in [1.29, 1.82) is 0 Å². The molecule has 0 bridgehead atoms. The fourth-order valence-corrected chi connectivity index (χ4v) is 3.92. The number of aliphatic hydroxyl groups excluding tert-OH is 1. The summed E-state index contributed by atoms with van der Waals surface area (Å²) < 4.78 is 47.3. The third kappa shape index (κ3) is 5.29. The van der Waals surface area contributed by atoms with Crippen molar-refractivity contribution in [3.05, 3.63) is 59.6 Å². The van der Waals surface area contributed by atoms with Crippen molar-refractivity contribution in [3.8, 4) is 5.75 Å². The Balaban J connectivity index is 1.77. The largest absolute Gasteiger partial charge is 0.573 e. The van der Waals surface area contributed by atoms with E-state index in [9.17, 15) is 28.2 Å². The summed E-state index contributed by atoms with van der Waals surface area (Å²) in [5.41, 5.74) is 0.830. The van der Waals surface area contributed by atoms with Gasteiger partial charge in [-0.15, -0.1) is 13.2 Å². The van der Waals surface area contributed by atoms with E-state index in [2.05, 4.69) is 9.72 Å². The normalized spacial score (nSPS) is 21.1. The van der Waals surface area contributed by atoms with Crippen LogP contribution >= 0.6 is 11.6 Å². The second-order valence-corrected chi connectivity index (χ2v) is 7.84. The van der Waals surface area contributed by atoms with Crippen molar-refractivity contribution in [2.24, 2.45) is 0 Å². The van der Waals surface area contributed by atoms with Crippen molar-refractivity contribution in [2.75, 3.05) is 4.90 Å². The van der Waals surface area contributed by atoms with E-state index in [0.717, 1.165) is 17.5 Å². The first-order chi connectivity index (χ1) is 15.6. The van der Waals surface area contributed by atoms with Gasteiger partial charge in [-0.25, -0.2) is 9.78 Å². The predicted molar refractivity (Wildman–Crippen MR) is 114 cm³/mol. The molecular formula is C22H18ClF3N2O5. The number of para-hydroxylation sites is 1. The number of ether oxygens (including phenoxy) is 2. The summed E-state index contributed by atoms with van der Waals surface area (Å²) in [4.78, 5) is 17.6. The van der Waals surface area contributed by atoms with Gasteiger partial charge in [0.2, 0.25) is 0 Å². The number of benzene rings is 2. The highest BCUT2D eigenvalue weighted by Gasteiger charge is 2.37. The van der Waals surface area contributed by atoms with Gasteiger partial charge in [0.05, 0.1) is 16.6 Å². The molecule has 3 atom stereocenters. The molecule has 2 N–H and O–H groups in total. The van der Waals surface area contributed by atoms with Gasteiger partial charge in [-0.3, -0.25) is 4.90 Å². The summed E-state index contributed by atoms with van der Waals surface area (Å²) in [7, 11) is 0. The van der Waals surface area contributed by atoms with Gasteiger partial charge >= 0.3 is 12.3 Å². The lowest BCUT2D eigenvalue weighted by atomic mass is 10.0. The number of aromatic nitrogens is 1. The summed E-state index contributed by atoms with van der Waals surface area (Å²) in [5.74, 6) is -1.35. The van der Waals surface area contributed by atoms with E-state index in [-0.39, 0.29) is 12.8 Å². The molecule has 0 spiro atoms. The molecular weight excluding hydrogens is 465 g/mol. The number of anilines is 2. The molecule has 1 saturated heterocycles.